The Labute approximate surface area is 104 Å². The molecule has 1 aromatic heterocycles. The lowest BCUT2D eigenvalue weighted by Crippen LogP contribution is -2.27. The SMILES string of the molecule is C=CC1CC(=O)N(c2ncc(C(=O)O)c(C)n2)C1. The second-order valence-electron chi connectivity index (χ2n) is 4.18. The maximum atomic E-state index is 11.8. The highest BCUT2D eigenvalue weighted by Gasteiger charge is 2.30. The van der Waals surface area contributed by atoms with Crippen molar-refractivity contribution in [1.29, 1.82) is 0 Å². The monoisotopic (exact) mass is 247 g/mol. The first-order valence-corrected chi connectivity index (χ1v) is 5.52. The fraction of sp³-hybridized carbons (Fsp3) is 0.333. The van der Waals surface area contributed by atoms with Gasteiger partial charge in [-0.2, -0.15) is 0 Å². The van der Waals surface area contributed by atoms with Crippen LogP contribution in [0.25, 0.3) is 0 Å². The summed E-state index contributed by atoms with van der Waals surface area (Å²) in [6, 6.07) is 0. The van der Waals surface area contributed by atoms with Crippen LogP contribution < -0.4 is 4.90 Å². The van der Waals surface area contributed by atoms with Gasteiger partial charge in [0.05, 0.1) is 11.3 Å². The smallest absolute Gasteiger partial charge is 0.339 e. The first-order chi connectivity index (χ1) is 8.52. The van der Waals surface area contributed by atoms with Gasteiger partial charge in [0.25, 0.3) is 0 Å². The first kappa shape index (κ1) is 12.2. The summed E-state index contributed by atoms with van der Waals surface area (Å²) in [5.74, 6) is -0.787. The van der Waals surface area contributed by atoms with Gasteiger partial charge in [0.15, 0.2) is 0 Å². The van der Waals surface area contributed by atoms with E-state index in [1.165, 1.54) is 11.1 Å². The van der Waals surface area contributed by atoms with E-state index < -0.39 is 5.97 Å². The minimum Gasteiger partial charge on any atom is -0.478 e. The molecule has 1 N–H and O–H groups in total. The largest absolute Gasteiger partial charge is 0.478 e. The molecule has 18 heavy (non-hydrogen) atoms. The normalized spacial score (nSPS) is 19.1. The van der Waals surface area contributed by atoms with Crippen molar-refractivity contribution in [1.82, 2.24) is 9.97 Å². The molecule has 6 nitrogen and oxygen atoms in total. The van der Waals surface area contributed by atoms with E-state index in [1.54, 1.807) is 13.0 Å². The lowest BCUT2D eigenvalue weighted by atomic mass is 10.1. The van der Waals surface area contributed by atoms with Crippen LogP contribution in [0, 0.1) is 12.8 Å². The third-order valence-electron chi connectivity index (χ3n) is 2.93. The zero-order valence-electron chi connectivity index (χ0n) is 9.96. The lowest BCUT2D eigenvalue weighted by molar-refractivity contribution is -0.117. The molecule has 0 aromatic carbocycles. The Bertz CT molecular complexity index is 527. The number of amides is 1. The average Bonchev–Trinajstić information content (AvgIpc) is 2.70. The number of carboxylic acids is 1. The van der Waals surface area contributed by atoms with Crippen molar-refractivity contribution in [3.63, 3.8) is 0 Å². The minimum atomic E-state index is -1.07. The second kappa shape index (κ2) is 4.56. The summed E-state index contributed by atoms with van der Waals surface area (Å²) in [5.41, 5.74) is 0.396. The molecule has 2 heterocycles. The third kappa shape index (κ3) is 2.09. The number of rotatable bonds is 3. The quantitative estimate of drug-likeness (QED) is 0.806. The minimum absolute atomic E-state index is 0.0469. The highest BCUT2D eigenvalue weighted by molar-refractivity contribution is 5.94. The van der Waals surface area contributed by atoms with E-state index in [-0.39, 0.29) is 23.3 Å². The van der Waals surface area contributed by atoms with Gasteiger partial charge in [-0.1, -0.05) is 6.08 Å². The Morgan fingerprint density at radius 2 is 2.39 bits per heavy atom. The molecule has 0 spiro atoms. The summed E-state index contributed by atoms with van der Waals surface area (Å²) in [6.07, 6.45) is 3.36. The van der Waals surface area contributed by atoms with E-state index in [2.05, 4.69) is 16.5 Å². The summed E-state index contributed by atoms with van der Waals surface area (Å²) in [5, 5.41) is 8.88. The van der Waals surface area contributed by atoms with Crippen molar-refractivity contribution < 1.29 is 14.7 Å². The number of anilines is 1. The molecule has 1 saturated heterocycles. The molecule has 0 saturated carbocycles. The number of aromatic carboxylic acids is 1. The van der Waals surface area contributed by atoms with Crippen LogP contribution in [0.15, 0.2) is 18.9 Å². The lowest BCUT2D eigenvalue weighted by Gasteiger charge is -2.14. The number of hydrogen-bond acceptors (Lipinski definition) is 4. The predicted octanol–water partition coefficient (Wildman–Crippen LogP) is 1.02. The average molecular weight is 247 g/mol. The molecular formula is C12H13N3O3. The van der Waals surface area contributed by atoms with Gasteiger partial charge in [-0.15, -0.1) is 6.58 Å². The van der Waals surface area contributed by atoms with Gasteiger partial charge >= 0.3 is 5.97 Å². The highest BCUT2D eigenvalue weighted by atomic mass is 16.4. The van der Waals surface area contributed by atoms with E-state index >= 15 is 0 Å². The van der Waals surface area contributed by atoms with Crippen LogP contribution in [0.4, 0.5) is 5.95 Å². The van der Waals surface area contributed by atoms with E-state index in [1.807, 2.05) is 0 Å². The van der Waals surface area contributed by atoms with Gasteiger partial charge < -0.3 is 5.11 Å². The molecule has 1 fully saturated rings. The first-order valence-electron chi connectivity index (χ1n) is 5.52. The summed E-state index contributed by atoms with van der Waals surface area (Å²) in [7, 11) is 0. The topological polar surface area (TPSA) is 83.4 Å². The van der Waals surface area contributed by atoms with Crippen molar-refractivity contribution in [3.05, 3.63) is 30.1 Å². The number of carbonyl (C=O) groups is 2. The van der Waals surface area contributed by atoms with E-state index in [9.17, 15) is 9.59 Å². The van der Waals surface area contributed by atoms with Crippen molar-refractivity contribution in [2.75, 3.05) is 11.4 Å². The molecule has 0 bridgehead atoms. The molecule has 2 rings (SSSR count). The van der Waals surface area contributed by atoms with Crippen LogP contribution in [0.5, 0.6) is 0 Å². The molecule has 0 radical (unpaired) electrons. The number of carbonyl (C=O) groups excluding carboxylic acids is 1. The molecule has 6 heteroatoms. The van der Waals surface area contributed by atoms with Gasteiger partial charge in [0, 0.05) is 25.1 Å². The Balaban J connectivity index is 2.30. The predicted molar refractivity (Wildman–Crippen MR) is 64.4 cm³/mol. The Kier molecular flexibility index (Phi) is 3.10. The summed E-state index contributed by atoms with van der Waals surface area (Å²) >= 11 is 0. The Morgan fingerprint density at radius 1 is 1.67 bits per heavy atom. The summed E-state index contributed by atoms with van der Waals surface area (Å²) < 4.78 is 0. The van der Waals surface area contributed by atoms with E-state index in [0.29, 0.717) is 18.7 Å². The van der Waals surface area contributed by atoms with Crippen LogP contribution in [0.1, 0.15) is 22.5 Å². The van der Waals surface area contributed by atoms with Crippen LogP contribution in [0.3, 0.4) is 0 Å². The van der Waals surface area contributed by atoms with Crippen molar-refractivity contribution in [3.8, 4) is 0 Å². The fourth-order valence-electron chi connectivity index (χ4n) is 1.88. The maximum absolute atomic E-state index is 11.8. The number of nitrogens with zero attached hydrogens (tertiary/aromatic N) is 3. The third-order valence-corrected chi connectivity index (χ3v) is 2.93. The molecule has 1 aliphatic heterocycles. The molecule has 1 amide bonds. The van der Waals surface area contributed by atoms with Gasteiger partial charge in [0.1, 0.15) is 0 Å². The maximum Gasteiger partial charge on any atom is 0.339 e. The molecule has 1 aromatic rings. The Morgan fingerprint density at radius 3 is 2.89 bits per heavy atom. The molecule has 0 aliphatic carbocycles. The van der Waals surface area contributed by atoms with Crippen molar-refractivity contribution in [2.24, 2.45) is 5.92 Å². The Hall–Kier alpha value is -2.24. The standard InChI is InChI=1S/C12H13N3O3/c1-3-8-4-10(16)15(6-8)12-13-5-9(11(17)18)7(2)14-12/h3,5,8H,1,4,6H2,2H3,(H,17,18). The number of aromatic nitrogens is 2. The molecular weight excluding hydrogens is 234 g/mol. The van der Waals surface area contributed by atoms with Crippen LogP contribution in [-0.2, 0) is 4.79 Å². The number of aryl methyl sites for hydroxylation is 1. The van der Waals surface area contributed by atoms with Gasteiger partial charge in [0.2, 0.25) is 11.9 Å². The van der Waals surface area contributed by atoms with E-state index in [0.717, 1.165) is 0 Å². The molecule has 1 unspecified atom stereocenters. The highest BCUT2D eigenvalue weighted by Crippen LogP contribution is 2.23. The second-order valence-corrected chi connectivity index (χ2v) is 4.18. The van der Waals surface area contributed by atoms with Crippen LogP contribution in [-0.4, -0.2) is 33.5 Å². The van der Waals surface area contributed by atoms with Crippen LogP contribution >= 0.6 is 0 Å². The fourth-order valence-corrected chi connectivity index (χ4v) is 1.88. The van der Waals surface area contributed by atoms with E-state index in [4.69, 9.17) is 5.11 Å². The van der Waals surface area contributed by atoms with Gasteiger partial charge in [-0.25, -0.2) is 14.8 Å². The zero-order valence-corrected chi connectivity index (χ0v) is 9.96. The number of carboxylic acid groups (broad SMARTS) is 1. The van der Waals surface area contributed by atoms with Crippen LogP contribution in [0.2, 0.25) is 0 Å². The number of hydrogen-bond donors (Lipinski definition) is 1. The van der Waals surface area contributed by atoms with Crippen molar-refractivity contribution in [2.45, 2.75) is 13.3 Å². The zero-order chi connectivity index (χ0) is 13.3. The molecule has 94 valence electrons. The summed E-state index contributed by atoms with van der Waals surface area (Å²) in [4.78, 5) is 32.1. The molecule has 1 atom stereocenters. The van der Waals surface area contributed by atoms with Crippen molar-refractivity contribution >= 4 is 17.8 Å². The summed E-state index contributed by atoms with van der Waals surface area (Å²) in [6.45, 7) is 5.74. The van der Waals surface area contributed by atoms with Gasteiger partial charge in [-0.05, 0) is 6.92 Å². The van der Waals surface area contributed by atoms with Gasteiger partial charge in [-0.3, -0.25) is 9.69 Å². The molecule has 1 aliphatic rings.